The molecule has 0 saturated carbocycles. The molecule has 0 atom stereocenters. The molecule has 1 heterocycles. The second-order valence-corrected chi connectivity index (χ2v) is 18.8. The van der Waals surface area contributed by atoms with Gasteiger partial charge in [-0.1, -0.05) is 199 Å². The number of anilines is 3. The fourth-order valence-corrected chi connectivity index (χ4v) is 10.9. The van der Waals surface area contributed by atoms with Crippen LogP contribution in [0.25, 0.3) is 66.6 Å². The highest BCUT2D eigenvalue weighted by molar-refractivity contribution is 6.06. The number of hydrogen-bond donors (Lipinski definition) is 0. The molecule has 0 N–H and O–H groups in total. The number of rotatable bonds is 10. The number of nitrogens with zero attached hydrogens (tertiary/aromatic N) is 4. The van der Waals surface area contributed by atoms with Crippen LogP contribution < -0.4 is 4.90 Å². The first-order chi connectivity index (χ1) is 34.2. The minimum absolute atomic E-state index is 0.0166. The summed E-state index contributed by atoms with van der Waals surface area (Å²) < 4.78 is 0. The average molecular weight is 903 g/mol. The quantitative estimate of drug-likeness (QED) is 0.128. The van der Waals surface area contributed by atoms with Crippen molar-refractivity contribution in [2.45, 2.75) is 47.5 Å². The van der Waals surface area contributed by atoms with Gasteiger partial charge >= 0.3 is 0 Å². The van der Waals surface area contributed by atoms with Crippen LogP contribution in [0.3, 0.4) is 0 Å². The fourth-order valence-electron chi connectivity index (χ4n) is 10.9. The molecular weight excluding hydrogens is 849 g/mol. The minimum Gasteiger partial charge on any atom is -0.278 e. The highest BCUT2D eigenvalue weighted by Crippen LogP contribution is 2.46. The van der Waals surface area contributed by atoms with E-state index in [2.05, 4.69) is 241 Å². The summed E-state index contributed by atoms with van der Waals surface area (Å²) in [5, 5.41) is 4.48. The van der Waals surface area contributed by atoms with Gasteiger partial charge < -0.3 is 0 Å². The van der Waals surface area contributed by atoms with E-state index in [0.717, 1.165) is 66.3 Å². The molecular formula is C66H54N4. The molecule has 0 aliphatic rings. The third-order valence-electron chi connectivity index (χ3n) is 13.8. The molecule has 0 saturated heterocycles. The van der Waals surface area contributed by atoms with Crippen LogP contribution in [-0.4, -0.2) is 15.0 Å². The summed E-state index contributed by atoms with van der Waals surface area (Å²) in [6, 6.07) is 76.2. The molecule has 0 bridgehead atoms. The van der Waals surface area contributed by atoms with Crippen molar-refractivity contribution in [3.8, 4) is 45.0 Å². The second kappa shape index (κ2) is 18.6. The summed E-state index contributed by atoms with van der Waals surface area (Å²) in [5.74, 6) is 1.72. The lowest BCUT2D eigenvalue weighted by Gasteiger charge is -2.29. The van der Waals surface area contributed by atoms with E-state index in [9.17, 15) is 0 Å². The molecule has 0 aliphatic heterocycles. The molecule has 11 aromatic rings. The molecule has 0 aliphatic carbocycles. The van der Waals surface area contributed by atoms with Gasteiger partial charge in [0, 0.05) is 33.7 Å². The number of fused-ring (bicyclic) bond motifs is 2. The zero-order chi connectivity index (χ0) is 47.9. The lowest BCUT2D eigenvalue weighted by molar-refractivity contribution is 0.919. The molecule has 0 radical (unpaired) electrons. The van der Waals surface area contributed by atoms with E-state index in [1.54, 1.807) is 0 Å². The second-order valence-electron chi connectivity index (χ2n) is 18.8. The summed E-state index contributed by atoms with van der Waals surface area (Å²) in [7, 11) is 0. The standard InChI is InChI=1S/C66H54N4/c1-42-36-44(3)60(45(4)37-42)63(61-46(5)38-43(2)39-47(61)6)51-32-34-55(35-33-51)70(59-41-54-27-17-16-26-53(54)40-58(59)49-22-12-8-13-23-49)66-68-64(52-24-14-9-15-25-52)67-65(69-66)57-31-19-29-50-28-18-30-56(62(50)57)48-20-10-7-11-21-48/h7-41,63H,1-6H3. The maximum Gasteiger partial charge on any atom is 0.238 e. The smallest absolute Gasteiger partial charge is 0.238 e. The van der Waals surface area contributed by atoms with Crippen molar-refractivity contribution in [2.75, 3.05) is 4.90 Å². The van der Waals surface area contributed by atoms with Gasteiger partial charge in [-0.15, -0.1) is 0 Å². The molecule has 70 heavy (non-hydrogen) atoms. The summed E-state index contributed by atoms with van der Waals surface area (Å²) in [6.45, 7) is 13.5. The topological polar surface area (TPSA) is 41.9 Å². The number of aromatic nitrogens is 3. The van der Waals surface area contributed by atoms with Crippen LogP contribution in [0.4, 0.5) is 17.3 Å². The van der Waals surface area contributed by atoms with Crippen LogP contribution in [-0.2, 0) is 0 Å². The highest BCUT2D eigenvalue weighted by atomic mass is 15.3. The molecule has 0 spiro atoms. The van der Waals surface area contributed by atoms with Crippen LogP contribution >= 0.6 is 0 Å². The number of hydrogen-bond acceptors (Lipinski definition) is 4. The molecule has 0 fully saturated rings. The van der Waals surface area contributed by atoms with E-state index in [1.807, 2.05) is 18.2 Å². The summed E-state index contributed by atoms with van der Waals surface area (Å²) >= 11 is 0. The van der Waals surface area contributed by atoms with Gasteiger partial charge in [-0.3, -0.25) is 4.90 Å². The van der Waals surface area contributed by atoms with Gasteiger partial charge in [0.15, 0.2) is 11.6 Å². The summed E-state index contributed by atoms with van der Waals surface area (Å²) in [5.41, 5.74) is 19.8. The van der Waals surface area contributed by atoms with Crippen molar-refractivity contribution >= 4 is 38.9 Å². The molecule has 0 unspecified atom stereocenters. The molecule has 11 rings (SSSR count). The molecule has 338 valence electrons. The number of benzene rings is 10. The largest absolute Gasteiger partial charge is 0.278 e. The Hall–Kier alpha value is -8.47. The zero-order valence-electron chi connectivity index (χ0n) is 40.6. The van der Waals surface area contributed by atoms with Crippen molar-refractivity contribution < 1.29 is 0 Å². The molecule has 0 amide bonds. The van der Waals surface area contributed by atoms with E-state index < -0.39 is 0 Å². The lowest BCUT2D eigenvalue weighted by atomic mass is 9.77. The van der Waals surface area contributed by atoms with Crippen molar-refractivity contribution in [1.82, 2.24) is 15.0 Å². The first kappa shape index (κ1) is 44.1. The fraction of sp³-hybridized carbons (Fsp3) is 0.106. The Bertz CT molecular complexity index is 3600. The zero-order valence-corrected chi connectivity index (χ0v) is 40.6. The maximum absolute atomic E-state index is 5.60. The Morgan fingerprint density at radius 2 is 0.814 bits per heavy atom. The van der Waals surface area contributed by atoms with E-state index >= 15 is 0 Å². The van der Waals surface area contributed by atoms with Gasteiger partial charge in [0.05, 0.1) is 5.69 Å². The SMILES string of the molecule is Cc1cc(C)c(C(c2ccc(N(c3nc(-c4ccccc4)nc(-c4cccc5cccc(-c6ccccc6)c45)n3)c3cc4ccccc4cc3-c3ccccc3)cc2)c2c(C)cc(C)cc2C)c(C)c1. The number of aryl methyl sites for hydroxylation is 6. The van der Waals surface area contributed by atoms with Gasteiger partial charge in [-0.05, 0) is 138 Å². The van der Waals surface area contributed by atoms with Crippen molar-refractivity contribution in [2.24, 2.45) is 0 Å². The Kier molecular flexibility index (Phi) is 11.7. The van der Waals surface area contributed by atoms with Gasteiger partial charge in [0.25, 0.3) is 0 Å². The molecule has 10 aromatic carbocycles. The van der Waals surface area contributed by atoms with Gasteiger partial charge in [0.1, 0.15) is 0 Å². The predicted octanol–water partition coefficient (Wildman–Crippen LogP) is 17.3. The van der Waals surface area contributed by atoms with E-state index in [0.29, 0.717) is 17.6 Å². The lowest BCUT2D eigenvalue weighted by Crippen LogP contribution is -2.17. The van der Waals surface area contributed by atoms with Crippen LogP contribution in [0.2, 0.25) is 0 Å². The highest BCUT2D eigenvalue weighted by Gasteiger charge is 2.28. The summed E-state index contributed by atoms with van der Waals surface area (Å²) in [6.07, 6.45) is 0. The Morgan fingerprint density at radius 1 is 0.357 bits per heavy atom. The minimum atomic E-state index is 0.0166. The Morgan fingerprint density at radius 3 is 1.37 bits per heavy atom. The van der Waals surface area contributed by atoms with E-state index in [4.69, 9.17) is 15.0 Å². The van der Waals surface area contributed by atoms with Gasteiger partial charge in [0.2, 0.25) is 5.95 Å². The third kappa shape index (κ3) is 8.32. The van der Waals surface area contributed by atoms with Crippen molar-refractivity contribution in [3.63, 3.8) is 0 Å². The Balaban J connectivity index is 1.19. The first-order valence-corrected chi connectivity index (χ1v) is 24.2. The van der Waals surface area contributed by atoms with E-state index in [-0.39, 0.29) is 5.92 Å². The van der Waals surface area contributed by atoms with Crippen molar-refractivity contribution in [1.29, 1.82) is 0 Å². The molecule has 1 aromatic heterocycles. The average Bonchev–Trinajstić information content (AvgIpc) is 3.38. The van der Waals surface area contributed by atoms with E-state index in [1.165, 1.54) is 50.1 Å². The van der Waals surface area contributed by atoms with Gasteiger partial charge in [-0.2, -0.15) is 9.97 Å². The Labute approximate surface area is 411 Å². The predicted molar refractivity (Wildman–Crippen MR) is 294 cm³/mol. The maximum atomic E-state index is 5.60. The molecule has 4 nitrogen and oxygen atoms in total. The van der Waals surface area contributed by atoms with Gasteiger partial charge in [-0.25, -0.2) is 4.98 Å². The van der Waals surface area contributed by atoms with Crippen LogP contribution in [0, 0.1) is 41.5 Å². The van der Waals surface area contributed by atoms with Crippen LogP contribution in [0.5, 0.6) is 0 Å². The summed E-state index contributed by atoms with van der Waals surface area (Å²) in [4.78, 5) is 18.7. The normalized spacial score (nSPS) is 11.4. The monoisotopic (exact) mass is 902 g/mol. The third-order valence-corrected chi connectivity index (χ3v) is 13.8. The van der Waals surface area contributed by atoms with Crippen LogP contribution in [0.1, 0.15) is 56.0 Å². The molecule has 4 heteroatoms. The van der Waals surface area contributed by atoms with Crippen molar-refractivity contribution in [3.05, 3.63) is 262 Å². The first-order valence-electron chi connectivity index (χ1n) is 24.2. The van der Waals surface area contributed by atoms with Crippen LogP contribution in [0.15, 0.2) is 212 Å².